The Labute approximate surface area is 128 Å². The molecule has 0 saturated carbocycles. The first kappa shape index (κ1) is 16.6. The van der Waals surface area contributed by atoms with Crippen LogP contribution in [0.3, 0.4) is 0 Å². The normalized spacial score (nSPS) is 11.5. The Bertz CT molecular complexity index is 546. The predicted octanol–water partition coefficient (Wildman–Crippen LogP) is 1.84. The molecule has 1 atom stereocenters. The molecule has 7 heteroatoms. The van der Waals surface area contributed by atoms with Crippen molar-refractivity contribution in [3.8, 4) is 10.6 Å². The quantitative estimate of drug-likeness (QED) is 0.882. The topological polar surface area (TPSA) is 80.9 Å². The second-order valence-electron chi connectivity index (χ2n) is 4.22. The van der Waals surface area contributed by atoms with Crippen LogP contribution in [0.5, 0.6) is 0 Å². The molecule has 2 rings (SSSR count). The summed E-state index contributed by atoms with van der Waals surface area (Å²) in [4.78, 5) is 11.6. The highest BCUT2D eigenvalue weighted by Gasteiger charge is 2.12. The van der Waals surface area contributed by atoms with E-state index in [1.165, 1.54) is 11.3 Å². The Balaban J connectivity index is 0.00000200. The van der Waals surface area contributed by atoms with Gasteiger partial charge in [0.25, 0.3) is 0 Å². The number of nitrogens with one attached hydrogen (secondary N) is 1. The first-order valence-corrected chi connectivity index (χ1v) is 6.88. The molecule has 1 heterocycles. The summed E-state index contributed by atoms with van der Waals surface area (Å²) >= 11 is 1.48. The molecule has 3 N–H and O–H groups in total. The minimum atomic E-state index is -0.179. The van der Waals surface area contributed by atoms with E-state index in [1.807, 2.05) is 30.3 Å². The number of hydrogen-bond acceptors (Lipinski definition) is 5. The van der Waals surface area contributed by atoms with Gasteiger partial charge in [0.05, 0.1) is 6.54 Å². The van der Waals surface area contributed by atoms with Crippen LogP contribution in [0.2, 0.25) is 0 Å². The van der Waals surface area contributed by atoms with Gasteiger partial charge in [-0.15, -0.1) is 22.6 Å². The molecule has 0 fully saturated rings. The Kier molecular flexibility index (Phi) is 6.57. The monoisotopic (exact) mass is 312 g/mol. The Hall–Kier alpha value is -1.50. The van der Waals surface area contributed by atoms with Crippen molar-refractivity contribution in [1.82, 2.24) is 15.5 Å². The van der Waals surface area contributed by atoms with Crippen molar-refractivity contribution in [3.05, 3.63) is 35.3 Å². The van der Waals surface area contributed by atoms with E-state index in [0.717, 1.165) is 15.6 Å². The van der Waals surface area contributed by atoms with E-state index in [9.17, 15) is 4.79 Å². The number of benzene rings is 1. The molecule has 5 nitrogen and oxygen atoms in total. The number of aromatic nitrogens is 2. The van der Waals surface area contributed by atoms with Gasteiger partial charge in [-0.3, -0.25) is 4.79 Å². The molecule has 0 radical (unpaired) electrons. The molecule has 1 amide bonds. The average Bonchev–Trinajstić information content (AvgIpc) is 2.93. The van der Waals surface area contributed by atoms with Crippen LogP contribution in [0.1, 0.15) is 11.9 Å². The van der Waals surface area contributed by atoms with E-state index in [4.69, 9.17) is 5.73 Å². The lowest BCUT2D eigenvalue weighted by Crippen LogP contribution is -2.32. The standard InChI is InChI=1S/C13H16N4OS.ClH/c1-9(7-14)12(18)15-8-11-16-17-13(19-11)10-5-3-2-4-6-10;/h2-6,9H,7-8,14H2,1H3,(H,15,18);1H. The molecule has 20 heavy (non-hydrogen) atoms. The zero-order valence-corrected chi connectivity index (χ0v) is 12.7. The molecule has 2 aromatic rings. The smallest absolute Gasteiger partial charge is 0.224 e. The lowest BCUT2D eigenvalue weighted by molar-refractivity contribution is -0.124. The second kappa shape index (κ2) is 7.94. The summed E-state index contributed by atoms with van der Waals surface area (Å²) in [6.45, 7) is 2.54. The minimum Gasteiger partial charge on any atom is -0.349 e. The van der Waals surface area contributed by atoms with Crippen LogP contribution < -0.4 is 11.1 Å². The van der Waals surface area contributed by atoms with Gasteiger partial charge in [0.15, 0.2) is 0 Å². The molecule has 0 bridgehead atoms. The fraction of sp³-hybridized carbons (Fsp3) is 0.308. The van der Waals surface area contributed by atoms with Gasteiger partial charge in [0.2, 0.25) is 5.91 Å². The van der Waals surface area contributed by atoms with Crippen molar-refractivity contribution in [2.45, 2.75) is 13.5 Å². The van der Waals surface area contributed by atoms with Gasteiger partial charge in [-0.2, -0.15) is 0 Å². The van der Waals surface area contributed by atoms with Crippen molar-refractivity contribution < 1.29 is 4.79 Å². The van der Waals surface area contributed by atoms with Gasteiger partial charge < -0.3 is 11.1 Å². The molecule has 1 aromatic carbocycles. The highest BCUT2D eigenvalue weighted by atomic mass is 35.5. The van der Waals surface area contributed by atoms with Gasteiger partial charge in [-0.1, -0.05) is 48.6 Å². The molecule has 108 valence electrons. The molecular weight excluding hydrogens is 296 g/mol. The maximum Gasteiger partial charge on any atom is 0.224 e. The maximum absolute atomic E-state index is 11.6. The van der Waals surface area contributed by atoms with Gasteiger partial charge >= 0.3 is 0 Å². The third-order valence-electron chi connectivity index (χ3n) is 2.70. The summed E-state index contributed by atoms with van der Waals surface area (Å²) in [7, 11) is 0. The SMILES string of the molecule is CC(CN)C(=O)NCc1nnc(-c2ccccc2)s1.Cl. The van der Waals surface area contributed by atoms with Crippen LogP contribution in [-0.2, 0) is 11.3 Å². The summed E-state index contributed by atoms with van der Waals surface area (Å²) in [6, 6.07) is 9.85. The molecule has 1 aromatic heterocycles. The van der Waals surface area contributed by atoms with E-state index in [0.29, 0.717) is 13.1 Å². The Morgan fingerprint density at radius 2 is 2.05 bits per heavy atom. The van der Waals surface area contributed by atoms with Crippen molar-refractivity contribution in [1.29, 1.82) is 0 Å². The fourth-order valence-corrected chi connectivity index (χ4v) is 2.25. The number of halogens is 1. The summed E-state index contributed by atoms with van der Waals surface area (Å²) in [6.07, 6.45) is 0. The molecule has 0 spiro atoms. The lowest BCUT2D eigenvalue weighted by Gasteiger charge is -2.07. The second-order valence-corrected chi connectivity index (χ2v) is 5.28. The first-order chi connectivity index (χ1) is 9.20. The first-order valence-electron chi connectivity index (χ1n) is 6.06. The largest absolute Gasteiger partial charge is 0.349 e. The van der Waals surface area contributed by atoms with Crippen LogP contribution >= 0.6 is 23.7 Å². The minimum absolute atomic E-state index is 0. The third kappa shape index (κ3) is 4.26. The van der Waals surface area contributed by atoms with Gasteiger partial charge in [-0.25, -0.2) is 0 Å². The van der Waals surface area contributed by atoms with Crippen LogP contribution in [0.4, 0.5) is 0 Å². The predicted molar refractivity (Wildman–Crippen MR) is 82.7 cm³/mol. The molecule has 1 unspecified atom stereocenters. The molecule has 0 aliphatic rings. The van der Waals surface area contributed by atoms with Crippen LogP contribution in [0, 0.1) is 5.92 Å². The van der Waals surface area contributed by atoms with E-state index in [-0.39, 0.29) is 24.2 Å². The van der Waals surface area contributed by atoms with E-state index in [2.05, 4.69) is 15.5 Å². The van der Waals surface area contributed by atoms with E-state index >= 15 is 0 Å². The van der Waals surface area contributed by atoms with Crippen LogP contribution in [-0.4, -0.2) is 22.6 Å². The third-order valence-corrected chi connectivity index (χ3v) is 3.67. The summed E-state index contributed by atoms with van der Waals surface area (Å²) in [5, 5.41) is 12.6. The number of hydrogen-bond donors (Lipinski definition) is 2. The van der Waals surface area contributed by atoms with Gasteiger partial charge in [0, 0.05) is 18.0 Å². The van der Waals surface area contributed by atoms with Gasteiger partial charge in [-0.05, 0) is 0 Å². The van der Waals surface area contributed by atoms with Crippen molar-refractivity contribution >= 4 is 29.7 Å². The number of nitrogens with zero attached hydrogens (tertiary/aromatic N) is 2. The van der Waals surface area contributed by atoms with E-state index in [1.54, 1.807) is 6.92 Å². The number of nitrogens with two attached hydrogens (primary N) is 1. The van der Waals surface area contributed by atoms with E-state index < -0.39 is 0 Å². The molecule has 0 aliphatic heterocycles. The zero-order valence-electron chi connectivity index (χ0n) is 11.1. The number of amides is 1. The van der Waals surface area contributed by atoms with Crippen molar-refractivity contribution in [3.63, 3.8) is 0 Å². The van der Waals surface area contributed by atoms with Crippen LogP contribution in [0.25, 0.3) is 10.6 Å². The fourth-order valence-electron chi connectivity index (χ4n) is 1.47. The highest BCUT2D eigenvalue weighted by Crippen LogP contribution is 2.22. The molecule has 0 saturated heterocycles. The van der Waals surface area contributed by atoms with Crippen molar-refractivity contribution in [2.75, 3.05) is 6.54 Å². The number of rotatable bonds is 5. The Morgan fingerprint density at radius 1 is 1.35 bits per heavy atom. The summed E-state index contributed by atoms with van der Waals surface area (Å²) in [5.74, 6) is -0.236. The van der Waals surface area contributed by atoms with Gasteiger partial charge in [0.1, 0.15) is 10.0 Å². The molecular formula is C13H17ClN4OS. The summed E-state index contributed by atoms with van der Waals surface area (Å²) in [5.41, 5.74) is 6.47. The van der Waals surface area contributed by atoms with Crippen molar-refractivity contribution in [2.24, 2.45) is 11.7 Å². The number of carbonyl (C=O) groups is 1. The molecule has 0 aliphatic carbocycles. The highest BCUT2D eigenvalue weighted by molar-refractivity contribution is 7.14. The lowest BCUT2D eigenvalue weighted by atomic mass is 10.2. The maximum atomic E-state index is 11.6. The average molecular weight is 313 g/mol. The summed E-state index contributed by atoms with van der Waals surface area (Å²) < 4.78 is 0. The zero-order chi connectivity index (χ0) is 13.7. The van der Waals surface area contributed by atoms with Crippen LogP contribution in [0.15, 0.2) is 30.3 Å². The number of carbonyl (C=O) groups excluding carboxylic acids is 1. The Morgan fingerprint density at radius 3 is 2.70 bits per heavy atom.